The maximum Gasteiger partial charge on any atom is 0.410 e. The molecule has 0 saturated heterocycles. The lowest BCUT2D eigenvalue weighted by molar-refractivity contribution is 0.0190. The van der Waals surface area contributed by atoms with Crippen LogP contribution >= 0.6 is 24.0 Å². The van der Waals surface area contributed by atoms with E-state index in [0.717, 1.165) is 12.0 Å². The van der Waals surface area contributed by atoms with Crippen LogP contribution in [0.15, 0.2) is 35.3 Å². The van der Waals surface area contributed by atoms with Crippen LogP contribution < -0.4 is 10.6 Å². The topological polar surface area (TPSA) is 86.2 Å². The zero-order valence-corrected chi connectivity index (χ0v) is 21.5. The number of carbonyl (C=O) groups is 1. The van der Waals surface area contributed by atoms with Crippen molar-refractivity contribution in [2.45, 2.75) is 58.6 Å². The third kappa shape index (κ3) is 11.0. The van der Waals surface area contributed by atoms with E-state index < -0.39 is 5.60 Å². The predicted molar refractivity (Wildman–Crippen MR) is 134 cm³/mol. The number of ether oxygens (including phenoxy) is 1. The van der Waals surface area contributed by atoms with Crippen molar-refractivity contribution in [2.24, 2.45) is 4.99 Å². The second-order valence-electron chi connectivity index (χ2n) is 8.29. The average Bonchev–Trinajstić information content (AvgIpc) is 2.65. The van der Waals surface area contributed by atoms with Gasteiger partial charge in [-0.2, -0.15) is 0 Å². The molecule has 1 amide bonds. The van der Waals surface area contributed by atoms with E-state index in [2.05, 4.69) is 15.6 Å². The first-order valence-electron chi connectivity index (χ1n) is 10.3. The molecule has 1 atom stereocenters. The van der Waals surface area contributed by atoms with E-state index in [1.165, 1.54) is 0 Å². The van der Waals surface area contributed by atoms with Gasteiger partial charge in [0.1, 0.15) is 5.60 Å². The molecular weight excluding hydrogens is 495 g/mol. The number of hydrogen-bond donors (Lipinski definition) is 3. The van der Waals surface area contributed by atoms with E-state index in [9.17, 15) is 9.90 Å². The van der Waals surface area contributed by atoms with Gasteiger partial charge >= 0.3 is 6.09 Å². The van der Waals surface area contributed by atoms with Crippen molar-refractivity contribution in [3.05, 3.63) is 35.9 Å². The Morgan fingerprint density at radius 3 is 2.33 bits per heavy atom. The highest BCUT2D eigenvalue weighted by molar-refractivity contribution is 14.0. The summed E-state index contributed by atoms with van der Waals surface area (Å²) in [5.41, 5.74) is 0.582. The van der Waals surface area contributed by atoms with Crippen LogP contribution in [0.25, 0.3) is 0 Å². The van der Waals surface area contributed by atoms with E-state index in [-0.39, 0.29) is 48.6 Å². The summed E-state index contributed by atoms with van der Waals surface area (Å²) in [6.45, 7) is 11.5. The molecule has 3 N–H and O–H groups in total. The molecule has 1 rings (SSSR count). The van der Waals surface area contributed by atoms with E-state index >= 15 is 0 Å². The Hall–Kier alpha value is -1.55. The summed E-state index contributed by atoms with van der Waals surface area (Å²) >= 11 is 0. The van der Waals surface area contributed by atoms with Crippen molar-refractivity contribution >= 4 is 36.0 Å². The Labute approximate surface area is 198 Å². The number of halogens is 1. The second kappa shape index (κ2) is 14.5. The number of aliphatic hydroxyl groups is 1. The Morgan fingerprint density at radius 1 is 1.20 bits per heavy atom. The first-order chi connectivity index (χ1) is 13.7. The quantitative estimate of drug-likeness (QED) is 0.195. The normalized spacial score (nSPS) is 12.7. The largest absolute Gasteiger partial charge is 0.444 e. The van der Waals surface area contributed by atoms with E-state index in [1.54, 1.807) is 11.9 Å². The number of nitrogens with one attached hydrogen (secondary N) is 2. The third-order valence-electron chi connectivity index (χ3n) is 4.35. The highest BCUT2D eigenvalue weighted by atomic mass is 127. The van der Waals surface area contributed by atoms with Gasteiger partial charge in [-0.25, -0.2) is 4.79 Å². The van der Waals surface area contributed by atoms with Crippen LogP contribution in [0.2, 0.25) is 0 Å². The van der Waals surface area contributed by atoms with Gasteiger partial charge in [-0.05, 0) is 46.6 Å². The summed E-state index contributed by atoms with van der Waals surface area (Å²) in [4.78, 5) is 18.3. The SMILES string of the molecule is CN=C(NCCCN(C(=O)OC(C)(C)C)C(C)C)NCC(CO)c1ccccc1.I. The molecule has 30 heavy (non-hydrogen) atoms. The zero-order valence-electron chi connectivity index (χ0n) is 19.1. The van der Waals surface area contributed by atoms with Crippen molar-refractivity contribution in [2.75, 3.05) is 33.3 Å². The smallest absolute Gasteiger partial charge is 0.410 e. The predicted octanol–water partition coefficient (Wildman–Crippen LogP) is 3.58. The first-order valence-corrected chi connectivity index (χ1v) is 10.3. The fraction of sp³-hybridized carbons (Fsp3) is 0.636. The number of carbonyl (C=O) groups excluding carboxylic acids is 1. The molecule has 1 aromatic rings. The van der Waals surface area contributed by atoms with Gasteiger partial charge in [0, 0.05) is 38.6 Å². The van der Waals surface area contributed by atoms with Crippen LogP contribution in [0, 0.1) is 0 Å². The fourth-order valence-corrected chi connectivity index (χ4v) is 2.79. The van der Waals surface area contributed by atoms with Crippen LogP contribution in [0.4, 0.5) is 4.79 Å². The van der Waals surface area contributed by atoms with Gasteiger partial charge in [-0.1, -0.05) is 30.3 Å². The Morgan fingerprint density at radius 2 is 1.83 bits per heavy atom. The number of benzene rings is 1. The van der Waals surface area contributed by atoms with Crippen LogP contribution in [-0.2, 0) is 4.74 Å². The molecule has 0 aliphatic carbocycles. The van der Waals surface area contributed by atoms with Crippen LogP contribution in [0.3, 0.4) is 0 Å². The summed E-state index contributed by atoms with van der Waals surface area (Å²) < 4.78 is 5.49. The number of aliphatic hydroxyl groups excluding tert-OH is 1. The van der Waals surface area contributed by atoms with Gasteiger partial charge in [0.25, 0.3) is 0 Å². The van der Waals surface area contributed by atoms with Gasteiger partial charge in [0.15, 0.2) is 5.96 Å². The van der Waals surface area contributed by atoms with Crippen LogP contribution in [-0.4, -0.2) is 67.0 Å². The van der Waals surface area contributed by atoms with Gasteiger partial charge in [0.2, 0.25) is 0 Å². The molecule has 0 aliphatic rings. The van der Waals surface area contributed by atoms with Crippen molar-refractivity contribution in [1.29, 1.82) is 0 Å². The minimum atomic E-state index is -0.504. The number of rotatable bonds is 9. The lowest BCUT2D eigenvalue weighted by Gasteiger charge is -2.30. The Balaban J connectivity index is 0.00000841. The maximum atomic E-state index is 12.4. The summed E-state index contributed by atoms with van der Waals surface area (Å²) in [7, 11) is 1.72. The molecule has 0 aromatic heterocycles. The Bertz CT molecular complexity index is 633. The molecule has 1 unspecified atom stereocenters. The number of aliphatic imine (C=N–C) groups is 1. The van der Waals surface area contributed by atoms with E-state index in [4.69, 9.17) is 4.74 Å². The van der Waals surface area contributed by atoms with Gasteiger partial charge in [-0.3, -0.25) is 4.99 Å². The summed E-state index contributed by atoms with van der Waals surface area (Å²) in [6.07, 6.45) is 0.476. The molecule has 0 heterocycles. The molecule has 0 radical (unpaired) electrons. The van der Waals surface area contributed by atoms with Gasteiger partial charge < -0.3 is 25.4 Å². The summed E-state index contributed by atoms with van der Waals surface area (Å²) in [6, 6.07) is 9.99. The molecule has 0 spiro atoms. The number of nitrogens with zero attached hydrogens (tertiary/aromatic N) is 2. The number of amides is 1. The molecule has 172 valence electrons. The van der Waals surface area contributed by atoms with E-state index in [1.807, 2.05) is 65.0 Å². The molecule has 8 heteroatoms. The highest BCUT2D eigenvalue weighted by Crippen LogP contribution is 2.14. The van der Waals surface area contributed by atoms with Crippen molar-refractivity contribution in [3.8, 4) is 0 Å². The van der Waals surface area contributed by atoms with Gasteiger partial charge in [0.05, 0.1) is 6.61 Å². The molecule has 0 aliphatic heterocycles. The zero-order chi connectivity index (χ0) is 21.9. The van der Waals surface area contributed by atoms with Crippen LogP contribution in [0.1, 0.15) is 52.5 Å². The molecule has 0 saturated carbocycles. The number of guanidine groups is 1. The standard InChI is InChI=1S/C22H38N4O3.HI/c1-17(2)26(21(28)29-22(3,4)5)14-10-13-24-20(23-6)25-15-19(16-27)18-11-8-7-9-12-18;/h7-9,11-12,17,19,27H,10,13-16H2,1-6H3,(H2,23,24,25);1H. The fourth-order valence-electron chi connectivity index (χ4n) is 2.79. The summed E-state index contributed by atoms with van der Waals surface area (Å²) in [5, 5.41) is 16.2. The van der Waals surface area contributed by atoms with Crippen molar-refractivity contribution < 1.29 is 14.6 Å². The van der Waals surface area contributed by atoms with E-state index in [0.29, 0.717) is 25.6 Å². The minimum absolute atomic E-state index is 0. The Kier molecular flexibility index (Phi) is 13.7. The molecule has 0 bridgehead atoms. The second-order valence-corrected chi connectivity index (χ2v) is 8.29. The number of hydrogen-bond acceptors (Lipinski definition) is 4. The molecule has 1 aromatic carbocycles. The molecule has 7 nitrogen and oxygen atoms in total. The molecule has 0 fully saturated rings. The third-order valence-corrected chi connectivity index (χ3v) is 4.35. The van der Waals surface area contributed by atoms with Crippen molar-refractivity contribution in [3.63, 3.8) is 0 Å². The average molecular weight is 534 g/mol. The van der Waals surface area contributed by atoms with Crippen molar-refractivity contribution in [1.82, 2.24) is 15.5 Å². The molecular formula is C22H39IN4O3. The van der Waals surface area contributed by atoms with Gasteiger partial charge in [-0.15, -0.1) is 24.0 Å². The summed E-state index contributed by atoms with van der Waals surface area (Å²) in [5.74, 6) is 0.672. The highest BCUT2D eigenvalue weighted by Gasteiger charge is 2.23. The first kappa shape index (κ1) is 28.5. The minimum Gasteiger partial charge on any atom is -0.444 e. The van der Waals surface area contributed by atoms with Crippen LogP contribution in [0.5, 0.6) is 0 Å². The monoisotopic (exact) mass is 534 g/mol. The lowest BCUT2D eigenvalue weighted by Crippen LogP contribution is -2.43. The lowest BCUT2D eigenvalue weighted by atomic mass is 10.0. The maximum absolute atomic E-state index is 12.4.